The lowest BCUT2D eigenvalue weighted by atomic mass is 9.80. The van der Waals surface area contributed by atoms with Gasteiger partial charge in [-0.15, -0.1) is 0 Å². The zero-order valence-corrected chi connectivity index (χ0v) is 11.3. The van der Waals surface area contributed by atoms with Crippen molar-refractivity contribution >= 4 is 0 Å². The molecule has 0 radical (unpaired) electrons. The fourth-order valence-electron chi connectivity index (χ4n) is 2.67. The first kappa shape index (κ1) is 13.5. The van der Waals surface area contributed by atoms with Gasteiger partial charge < -0.3 is 15.0 Å². The van der Waals surface area contributed by atoms with Crippen molar-refractivity contribution in [1.82, 2.24) is 10.1 Å². The molecule has 1 aliphatic rings. The van der Waals surface area contributed by atoms with Crippen LogP contribution in [-0.2, 0) is 4.74 Å². The summed E-state index contributed by atoms with van der Waals surface area (Å²) in [4.78, 5) is 4.44. The molecule has 1 unspecified atom stereocenters. The molecule has 0 aliphatic heterocycles. The van der Waals surface area contributed by atoms with Crippen molar-refractivity contribution in [3.8, 4) is 0 Å². The third kappa shape index (κ3) is 2.90. The van der Waals surface area contributed by atoms with Crippen LogP contribution < -0.4 is 5.73 Å². The summed E-state index contributed by atoms with van der Waals surface area (Å²) in [7, 11) is 1.61. The summed E-state index contributed by atoms with van der Waals surface area (Å²) in [6, 6.07) is 0. The lowest BCUT2D eigenvalue weighted by Crippen LogP contribution is -2.15. The highest BCUT2D eigenvalue weighted by atomic mass is 16.5. The molecular formula is C13H23N3O2. The van der Waals surface area contributed by atoms with Crippen molar-refractivity contribution in [3.63, 3.8) is 0 Å². The standard InChI is InChI=1S/C13H23N3O2/c1-3-9-4-6-10(7-5-9)12-15-13(18-16-12)11(8-14)17-2/h9-11H,3-8,14H2,1-2H3. The van der Waals surface area contributed by atoms with Crippen LogP contribution in [0.25, 0.3) is 0 Å². The van der Waals surface area contributed by atoms with E-state index in [9.17, 15) is 0 Å². The van der Waals surface area contributed by atoms with Crippen LogP contribution in [-0.4, -0.2) is 23.8 Å². The lowest BCUT2D eigenvalue weighted by Gasteiger charge is -2.25. The van der Waals surface area contributed by atoms with E-state index >= 15 is 0 Å². The van der Waals surface area contributed by atoms with E-state index in [0.717, 1.165) is 24.6 Å². The maximum Gasteiger partial charge on any atom is 0.257 e. The Kier molecular flexibility index (Phi) is 4.72. The van der Waals surface area contributed by atoms with Gasteiger partial charge in [-0.3, -0.25) is 0 Å². The van der Waals surface area contributed by atoms with E-state index in [1.54, 1.807) is 7.11 Å². The molecule has 1 aromatic rings. The molecule has 2 N–H and O–H groups in total. The molecule has 5 heteroatoms. The summed E-state index contributed by atoms with van der Waals surface area (Å²) in [5.74, 6) is 2.66. The van der Waals surface area contributed by atoms with Gasteiger partial charge in [0.1, 0.15) is 6.10 Å². The summed E-state index contributed by atoms with van der Waals surface area (Å²) >= 11 is 0. The molecule has 18 heavy (non-hydrogen) atoms. The number of hydrogen-bond acceptors (Lipinski definition) is 5. The minimum absolute atomic E-state index is 0.279. The third-order valence-corrected chi connectivity index (χ3v) is 4.02. The van der Waals surface area contributed by atoms with Crippen molar-refractivity contribution in [2.24, 2.45) is 11.7 Å². The van der Waals surface area contributed by atoms with E-state index in [1.165, 1.54) is 19.3 Å². The van der Waals surface area contributed by atoms with Crippen LogP contribution in [0.5, 0.6) is 0 Å². The monoisotopic (exact) mass is 253 g/mol. The first-order chi connectivity index (χ1) is 8.78. The van der Waals surface area contributed by atoms with E-state index in [1.807, 2.05) is 0 Å². The summed E-state index contributed by atoms with van der Waals surface area (Å²) in [6.45, 7) is 2.63. The van der Waals surface area contributed by atoms with Crippen LogP contribution in [0.15, 0.2) is 4.52 Å². The van der Waals surface area contributed by atoms with Gasteiger partial charge in [-0.2, -0.15) is 4.98 Å². The fraction of sp³-hybridized carbons (Fsp3) is 0.846. The molecule has 1 heterocycles. The Hall–Kier alpha value is -0.940. The Labute approximate surface area is 108 Å². The third-order valence-electron chi connectivity index (χ3n) is 4.02. The minimum Gasteiger partial charge on any atom is -0.370 e. The van der Waals surface area contributed by atoms with Crippen LogP contribution in [0.4, 0.5) is 0 Å². The number of methoxy groups -OCH3 is 1. The molecule has 0 aromatic carbocycles. The summed E-state index contributed by atoms with van der Waals surface area (Å²) < 4.78 is 10.4. The van der Waals surface area contributed by atoms with Crippen LogP contribution >= 0.6 is 0 Å². The first-order valence-corrected chi connectivity index (χ1v) is 6.84. The molecule has 1 atom stereocenters. The van der Waals surface area contributed by atoms with Crippen LogP contribution in [0.3, 0.4) is 0 Å². The van der Waals surface area contributed by atoms with Crippen LogP contribution in [0, 0.1) is 5.92 Å². The molecule has 2 rings (SSSR count). The van der Waals surface area contributed by atoms with Gasteiger partial charge in [0.15, 0.2) is 5.82 Å². The molecule has 0 saturated heterocycles. The van der Waals surface area contributed by atoms with Gasteiger partial charge in [0.2, 0.25) is 0 Å². The largest absolute Gasteiger partial charge is 0.370 e. The number of ether oxygens (including phenoxy) is 1. The van der Waals surface area contributed by atoms with Crippen LogP contribution in [0.2, 0.25) is 0 Å². The van der Waals surface area contributed by atoms with Crippen molar-refractivity contribution in [3.05, 3.63) is 11.7 Å². The Bertz CT molecular complexity index is 355. The van der Waals surface area contributed by atoms with E-state index in [2.05, 4.69) is 17.1 Å². The molecule has 1 aliphatic carbocycles. The van der Waals surface area contributed by atoms with Gasteiger partial charge in [0, 0.05) is 19.6 Å². The van der Waals surface area contributed by atoms with Gasteiger partial charge in [-0.05, 0) is 31.6 Å². The Morgan fingerprint density at radius 2 is 2.11 bits per heavy atom. The maximum atomic E-state index is 5.59. The highest BCUT2D eigenvalue weighted by Gasteiger charge is 2.26. The molecule has 1 aromatic heterocycles. The Morgan fingerprint density at radius 3 is 2.67 bits per heavy atom. The first-order valence-electron chi connectivity index (χ1n) is 6.84. The second kappa shape index (κ2) is 6.29. The molecule has 102 valence electrons. The normalized spacial score (nSPS) is 26.2. The van der Waals surface area contributed by atoms with E-state index in [-0.39, 0.29) is 6.10 Å². The molecule has 0 amide bonds. The van der Waals surface area contributed by atoms with E-state index < -0.39 is 0 Å². The Morgan fingerprint density at radius 1 is 1.39 bits per heavy atom. The van der Waals surface area contributed by atoms with Gasteiger partial charge in [0.25, 0.3) is 5.89 Å². The van der Waals surface area contributed by atoms with Gasteiger partial charge in [-0.25, -0.2) is 0 Å². The fourth-order valence-corrected chi connectivity index (χ4v) is 2.67. The molecular weight excluding hydrogens is 230 g/mol. The second-order valence-corrected chi connectivity index (χ2v) is 5.08. The highest BCUT2D eigenvalue weighted by Crippen LogP contribution is 2.35. The number of nitrogens with two attached hydrogens (primary N) is 1. The Balaban J connectivity index is 1.98. The number of aromatic nitrogens is 2. The van der Waals surface area contributed by atoms with Crippen molar-refractivity contribution in [1.29, 1.82) is 0 Å². The smallest absolute Gasteiger partial charge is 0.257 e. The predicted octanol–water partition coefficient (Wildman–Crippen LogP) is 2.40. The quantitative estimate of drug-likeness (QED) is 0.872. The molecule has 1 fully saturated rings. The second-order valence-electron chi connectivity index (χ2n) is 5.08. The van der Waals surface area contributed by atoms with Crippen molar-refractivity contribution < 1.29 is 9.26 Å². The maximum absolute atomic E-state index is 5.59. The molecule has 1 saturated carbocycles. The summed E-state index contributed by atoms with van der Waals surface area (Å²) in [6.07, 6.45) is 5.88. The zero-order valence-electron chi connectivity index (χ0n) is 11.3. The molecule has 0 spiro atoms. The average Bonchev–Trinajstić information content (AvgIpc) is 2.90. The summed E-state index contributed by atoms with van der Waals surface area (Å²) in [5, 5.41) is 4.09. The SMILES string of the molecule is CCC1CCC(c2noc(C(CN)OC)n2)CC1. The van der Waals surface area contributed by atoms with Crippen LogP contribution in [0.1, 0.15) is 62.8 Å². The molecule has 0 bridgehead atoms. The van der Waals surface area contributed by atoms with Crippen molar-refractivity contribution in [2.75, 3.05) is 13.7 Å². The zero-order chi connectivity index (χ0) is 13.0. The highest BCUT2D eigenvalue weighted by molar-refractivity contribution is 4.99. The molecule has 5 nitrogen and oxygen atoms in total. The lowest BCUT2D eigenvalue weighted by molar-refractivity contribution is 0.0803. The average molecular weight is 253 g/mol. The summed E-state index contributed by atoms with van der Waals surface area (Å²) in [5.41, 5.74) is 5.59. The van der Waals surface area contributed by atoms with Crippen molar-refractivity contribution in [2.45, 2.75) is 51.0 Å². The topological polar surface area (TPSA) is 74.2 Å². The van der Waals surface area contributed by atoms with E-state index in [0.29, 0.717) is 18.4 Å². The predicted molar refractivity (Wildman–Crippen MR) is 68.1 cm³/mol. The van der Waals surface area contributed by atoms with E-state index in [4.69, 9.17) is 15.0 Å². The number of rotatable bonds is 5. The van der Waals surface area contributed by atoms with Gasteiger partial charge in [-0.1, -0.05) is 18.5 Å². The van der Waals surface area contributed by atoms with Gasteiger partial charge >= 0.3 is 0 Å². The van der Waals surface area contributed by atoms with Gasteiger partial charge in [0.05, 0.1) is 0 Å². The minimum atomic E-state index is -0.279. The number of hydrogen-bond donors (Lipinski definition) is 1. The number of nitrogens with zero attached hydrogens (tertiary/aromatic N) is 2.